The number of aliphatic hydroxyl groups excluding tert-OH is 4. The SMILES string of the molecule is CO[C@@H]1O[C@@](CO)(OC)[C@@H](O)[C@H](O)[C@H]1O. The first-order valence-electron chi connectivity index (χ1n) is 4.43. The van der Waals surface area contributed by atoms with E-state index in [1.165, 1.54) is 14.2 Å². The van der Waals surface area contributed by atoms with Crippen LogP contribution in [-0.4, -0.2) is 71.6 Å². The molecule has 90 valence electrons. The van der Waals surface area contributed by atoms with Crippen LogP contribution in [0.15, 0.2) is 0 Å². The van der Waals surface area contributed by atoms with Gasteiger partial charge >= 0.3 is 0 Å². The minimum atomic E-state index is -1.78. The number of hydrogen-bond donors (Lipinski definition) is 4. The summed E-state index contributed by atoms with van der Waals surface area (Å²) in [6.07, 6.45) is -5.65. The van der Waals surface area contributed by atoms with Crippen LogP contribution in [0.5, 0.6) is 0 Å². The van der Waals surface area contributed by atoms with Crippen molar-refractivity contribution in [2.45, 2.75) is 30.4 Å². The van der Waals surface area contributed by atoms with E-state index in [1.54, 1.807) is 0 Å². The van der Waals surface area contributed by atoms with Gasteiger partial charge in [-0.15, -0.1) is 0 Å². The number of hydrogen-bond acceptors (Lipinski definition) is 7. The van der Waals surface area contributed by atoms with E-state index in [0.29, 0.717) is 0 Å². The van der Waals surface area contributed by atoms with Crippen LogP contribution < -0.4 is 0 Å². The first-order valence-corrected chi connectivity index (χ1v) is 4.43. The second-order valence-electron chi connectivity index (χ2n) is 3.32. The Morgan fingerprint density at radius 2 is 1.80 bits per heavy atom. The van der Waals surface area contributed by atoms with Crippen LogP contribution in [-0.2, 0) is 14.2 Å². The molecule has 1 saturated heterocycles. The van der Waals surface area contributed by atoms with Gasteiger partial charge in [-0.25, -0.2) is 0 Å². The van der Waals surface area contributed by atoms with Gasteiger partial charge in [-0.2, -0.15) is 0 Å². The van der Waals surface area contributed by atoms with Crippen molar-refractivity contribution in [1.29, 1.82) is 0 Å². The highest BCUT2D eigenvalue weighted by Crippen LogP contribution is 2.30. The zero-order chi connectivity index (χ0) is 11.6. The maximum atomic E-state index is 9.60. The molecule has 0 saturated carbocycles. The fourth-order valence-electron chi connectivity index (χ4n) is 1.50. The molecule has 7 nitrogen and oxygen atoms in total. The quantitative estimate of drug-likeness (QED) is 0.416. The van der Waals surface area contributed by atoms with Gasteiger partial charge in [0, 0.05) is 14.2 Å². The van der Waals surface area contributed by atoms with Gasteiger partial charge in [-0.1, -0.05) is 0 Å². The van der Waals surface area contributed by atoms with E-state index in [9.17, 15) is 15.3 Å². The van der Waals surface area contributed by atoms with Gasteiger partial charge in [-0.3, -0.25) is 0 Å². The molecule has 15 heavy (non-hydrogen) atoms. The summed E-state index contributed by atoms with van der Waals surface area (Å²) < 4.78 is 14.6. The highest BCUT2D eigenvalue weighted by atomic mass is 16.8. The summed E-state index contributed by atoms with van der Waals surface area (Å²) in [6, 6.07) is 0. The summed E-state index contributed by atoms with van der Waals surface area (Å²) in [5.41, 5.74) is 0. The third-order valence-corrected chi connectivity index (χ3v) is 2.52. The van der Waals surface area contributed by atoms with Crippen LogP contribution in [0.3, 0.4) is 0 Å². The normalized spacial score (nSPS) is 46.8. The van der Waals surface area contributed by atoms with Crippen molar-refractivity contribution >= 4 is 0 Å². The highest BCUT2D eigenvalue weighted by molar-refractivity contribution is 4.94. The van der Waals surface area contributed by atoms with E-state index < -0.39 is 37.0 Å². The van der Waals surface area contributed by atoms with E-state index in [0.717, 1.165) is 0 Å². The van der Waals surface area contributed by atoms with Crippen molar-refractivity contribution in [1.82, 2.24) is 0 Å². The molecular formula is C8H16O7. The lowest BCUT2D eigenvalue weighted by Gasteiger charge is -2.46. The monoisotopic (exact) mass is 224 g/mol. The average Bonchev–Trinajstić information content (AvgIpc) is 2.27. The van der Waals surface area contributed by atoms with Crippen molar-refractivity contribution in [3.63, 3.8) is 0 Å². The van der Waals surface area contributed by atoms with Crippen molar-refractivity contribution in [2.24, 2.45) is 0 Å². The van der Waals surface area contributed by atoms with E-state index in [2.05, 4.69) is 0 Å². The van der Waals surface area contributed by atoms with Gasteiger partial charge in [-0.05, 0) is 0 Å². The largest absolute Gasteiger partial charge is 0.391 e. The molecule has 5 atom stereocenters. The van der Waals surface area contributed by atoms with Crippen LogP contribution in [0.25, 0.3) is 0 Å². The lowest BCUT2D eigenvalue weighted by Crippen LogP contribution is -2.66. The van der Waals surface area contributed by atoms with Gasteiger partial charge in [0.1, 0.15) is 24.9 Å². The molecule has 1 fully saturated rings. The number of aliphatic hydroxyl groups is 4. The molecule has 0 spiro atoms. The van der Waals surface area contributed by atoms with Crippen molar-refractivity contribution in [2.75, 3.05) is 20.8 Å². The molecule has 0 aliphatic carbocycles. The number of methoxy groups -OCH3 is 2. The molecule has 0 aromatic rings. The van der Waals surface area contributed by atoms with Crippen LogP contribution in [0.2, 0.25) is 0 Å². The lowest BCUT2D eigenvalue weighted by molar-refractivity contribution is -0.400. The molecule has 0 radical (unpaired) electrons. The minimum absolute atomic E-state index is 0.672. The molecule has 4 N–H and O–H groups in total. The Morgan fingerprint density at radius 3 is 2.20 bits per heavy atom. The van der Waals surface area contributed by atoms with Crippen LogP contribution in [0.1, 0.15) is 0 Å². The first-order chi connectivity index (χ1) is 7.02. The molecule has 0 bridgehead atoms. The van der Waals surface area contributed by atoms with Gasteiger partial charge in [0.2, 0.25) is 5.79 Å². The topological polar surface area (TPSA) is 109 Å². The van der Waals surface area contributed by atoms with Gasteiger partial charge < -0.3 is 34.6 Å². The second kappa shape index (κ2) is 4.71. The van der Waals surface area contributed by atoms with Crippen molar-refractivity contribution < 1.29 is 34.6 Å². The summed E-state index contributed by atoms with van der Waals surface area (Å²) in [5, 5.41) is 37.6. The van der Waals surface area contributed by atoms with Gasteiger partial charge in [0.15, 0.2) is 6.29 Å². The highest BCUT2D eigenvalue weighted by Gasteiger charge is 2.54. The zero-order valence-electron chi connectivity index (χ0n) is 8.53. The summed E-state index contributed by atoms with van der Waals surface area (Å²) >= 11 is 0. The third-order valence-electron chi connectivity index (χ3n) is 2.52. The average molecular weight is 224 g/mol. The maximum absolute atomic E-state index is 9.60. The van der Waals surface area contributed by atoms with Crippen LogP contribution in [0.4, 0.5) is 0 Å². The smallest absolute Gasteiger partial charge is 0.223 e. The van der Waals surface area contributed by atoms with Crippen molar-refractivity contribution in [3.05, 3.63) is 0 Å². The van der Waals surface area contributed by atoms with E-state index in [1.807, 2.05) is 0 Å². The standard InChI is InChI=1S/C8H16O7/c1-13-7-5(11)4(10)6(12)8(3-9,14-2)15-7/h4-7,9-12H,3H2,1-2H3/t4-,5-,6+,7-,8-/m1/s1. The maximum Gasteiger partial charge on any atom is 0.223 e. The molecule has 0 unspecified atom stereocenters. The second-order valence-corrected chi connectivity index (χ2v) is 3.32. The van der Waals surface area contributed by atoms with Crippen molar-refractivity contribution in [3.8, 4) is 0 Å². The summed E-state index contributed by atoms with van der Waals surface area (Å²) in [7, 11) is 2.46. The Morgan fingerprint density at radius 1 is 1.20 bits per heavy atom. The van der Waals surface area contributed by atoms with E-state index in [4.69, 9.17) is 19.3 Å². The fourth-order valence-corrected chi connectivity index (χ4v) is 1.50. The predicted molar refractivity (Wildman–Crippen MR) is 46.7 cm³/mol. The lowest BCUT2D eigenvalue weighted by atomic mass is 9.96. The zero-order valence-corrected chi connectivity index (χ0v) is 8.53. The Balaban J connectivity index is 2.91. The third kappa shape index (κ3) is 2.00. The van der Waals surface area contributed by atoms with Gasteiger partial charge in [0.25, 0.3) is 0 Å². The first kappa shape index (κ1) is 12.8. The molecule has 1 aliphatic heterocycles. The van der Waals surface area contributed by atoms with E-state index >= 15 is 0 Å². The van der Waals surface area contributed by atoms with Crippen LogP contribution >= 0.6 is 0 Å². The summed E-state index contributed by atoms with van der Waals surface area (Å²) in [4.78, 5) is 0. The Bertz CT molecular complexity index is 203. The minimum Gasteiger partial charge on any atom is -0.391 e. The summed E-state index contributed by atoms with van der Waals surface area (Å²) in [6.45, 7) is -0.672. The van der Waals surface area contributed by atoms with Gasteiger partial charge in [0.05, 0.1) is 0 Å². The molecule has 7 heteroatoms. The van der Waals surface area contributed by atoms with Crippen LogP contribution in [0, 0.1) is 0 Å². The summed E-state index contributed by atoms with van der Waals surface area (Å²) in [5.74, 6) is -1.78. The Labute approximate surface area is 86.8 Å². The molecule has 0 amide bonds. The molecule has 1 heterocycles. The Hall–Kier alpha value is -0.280. The molecule has 0 aromatic heterocycles. The molecule has 1 rings (SSSR count). The molecule has 0 aromatic carbocycles. The number of rotatable bonds is 3. The number of ether oxygens (including phenoxy) is 3. The van der Waals surface area contributed by atoms with E-state index in [-0.39, 0.29) is 0 Å². The fraction of sp³-hybridized carbons (Fsp3) is 1.00. The molecule has 1 aliphatic rings. The molecular weight excluding hydrogens is 208 g/mol. The predicted octanol–water partition coefficient (Wildman–Crippen LogP) is -2.59. The Kier molecular flexibility index (Phi) is 4.01.